The Morgan fingerprint density at radius 2 is 2.27 bits per heavy atom. The van der Waals surface area contributed by atoms with E-state index in [1.807, 2.05) is 0 Å². The Balaban J connectivity index is 4.22. The highest BCUT2D eigenvalue weighted by Gasteiger charge is 1.95. The third-order valence-electron chi connectivity index (χ3n) is 1.18. The number of nitrogens with two attached hydrogens (primary N) is 1. The standard InChI is InChI=1S/C7H12FN3/c1-5(9)6(2)11-4-7(8)10-3/h4-5H,3,9H2,1-2H3/b7-4-,11-6?. The summed E-state index contributed by atoms with van der Waals surface area (Å²) in [6, 6.07) is -0.163. The zero-order chi connectivity index (χ0) is 8.85. The molecule has 62 valence electrons. The van der Waals surface area contributed by atoms with Gasteiger partial charge in [-0.3, -0.25) is 4.99 Å². The smallest absolute Gasteiger partial charge is 0.230 e. The van der Waals surface area contributed by atoms with E-state index in [1.54, 1.807) is 13.8 Å². The maximum absolute atomic E-state index is 12.2. The summed E-state index contributed by atoms with van der Waals surface area (Å²) in [7, 11) is 0. The number of aliphatic imine (C=N–C) groups is 2. The molecule has 4 heteroatoms. The summed E-state index contributed by atoms with van der Waals surface area (Å²) >= 11 is 0. The summed E-state index contributed by atoms with van der Waals surface area (Å²) in [5.74, 6) is -0.704. The zero-order valence-corrected chi connectivity index (χ0v) is 6.71. The molecule has 0 saturated heterocycles. The Hall–Kier alpha value is -1.03. The fourth-order valence-corrected chi connectivity index (χ4v) is 0.313. The minimum atomic E-state index is -0.704. The summed E-state index contributed by atoms with van der Waals surface area (Å²) in [6.45, 7) is 6.48. The molecule has 0 aliphatic heterocycles. The molecule has 0 aliphatic rings. The van der Waals surface area contributed by atoms with E-state index in [0.717, 1.165) is 6.20 Å². The van der Waals surface area contributed by atoms with Crippen molar-refractivity contribution in [2.75, 3.05) is 0 Å². The van der Waals surface area contributed by atoms with Gasteiger partial charge in [0, 0.05) is 11.8 Å². The van der Waals surface area contributed by atoms with Crippen LogP contribution >= 0.6 is 0 Å². The third kappa shape index (κ3) is 4.38. The number of hydrogen-bond donors (Lipinski definition) is 1. The number of halogens is 1. The fraction of sp³-hybridized carbons (Fsp3) is 0.429. The highest BCUT2D eigenvalue weighted by molar-refractivity contribution is 5.87. The van der Waals surface area contributed by atoms with E-state index in [1.165, 1.54) is 0 Å². The van der Waals surface area contributed by atoms with Crippen molar-refractivity contribution in [1.82, 2.24) is 0 Å². The van der Waals surface area contributed by atoms with Gasteiger partial charge in [-0.15, -0.1) is 0 Å². The molecular weight excluding hydrogens is 145 g/mol. The Labute approximate surface area is 65.5 Å². The van der Waals surface area contributed by atoms with Crippen molar-refractivity contribution in [3.63, 3.8) is 0 Å². The van der Waals surface area contributed by atoms with Crippen molar-refractivity contribution in [1.29, 1.82) is 0 Å². The summed E-state index contributed by atoms with van der Waals surface area (Å²) < 4.78 is 12.2. The van der Waals surface area contributed by atoms with Crippen LogP contribution in [0, 0.1) is 0 Å². The topological polar surface area (TPSA) is 50.7 Å². The molecule has 1 atom stereocenters. The van der Waals surface area contributed by atoms with Gasteiger partial charge < -0.3 is 5.73 Å². The van der Waals surface area contributed by atoms with E-state index < -0.39 is 5.95 Å². The van der Waals surface area contributed by atoms with Crippen LogP contribution in [0.1, 0.15) is 13.8 Å². The average Bonchev–Trinajstić information content (AvgIpc) is 1.99. The van der Waals surface area contributed by atoms with Gasteiger partial charge in [0.15, 0.2) is 0 Å². The first-order chi connectivity index (χ1) is 5.07. The first-order valence-corrected chi connectivity index (χ1v) is 3.20. The third-order valence-corrected chi connectivity index (χ3v) is 1.18. The monoisotopic (exact) mass is 157 g/mol. The van der Waals surface area contributed by atoms with Crippen LogP contribution in [-0.4, -0.2) is 18.5 Å². The van der Waals surface area contributed by atoms with Crippen LogP contribution in [-0.2, 0) is 0 Å². The van der Waals surface area contributed by atoms with E-state index in [4.69, 9.17) is 5.73 Å². The summed E-state index contributed by atoms with van der Waals surface area (Å²) in [5, 5.41) is 0. The average molecular weight is 157 g/mol. The van der Waals surface area contributed by atoms with E-state index in [2.05, 4.69) is 16.7 Å². The number of rotatable bonds is 3. The van der Waals surface area contributed by atoms with Crippen molar-refractivity contribution in [2.24, 2.45) is 15.7 Å². The highest BCUT2D eigenvalue weighted by Crippen LogP contribution is 1.96. The summed E-state index contributed by atoms with van der Waals surface area (Å²) in [5.41, 5.74) is 6.09. The van der Waals surface area contributed by atoms with Crippen LogP contribution in [0.2, 0.25) is 0 Å². The van der Waals surface area contributed by atoms with Crippen LogP contribution in [0.3, 0.4) is 0 Å². The minimum absolute atomic E-state index is 0.163. The molecule has 0 aliphatic carbocycles. The molecule has 0 amide bonds. The van der Waals surface area contributed by atoms with Gasteiger partial charge >= 0.3 is 0 Å². The molecule has 3 nitrogen and oxygen atoms in total. The lowest BCUT2D eigenvalue weighted by Gasteiger charge is -2.00. The summed E-state index contributed by atoms with van der Waals surface area (Å²) in [6.07, 6.45) is 0.992. The van der Waals surface area contributed by atoms with Gasteiger partial charge in [-0.05, 0) is 20.6 Å². The molecule has 1 unspecified atom stereocenters. The maximum Gasteiger partial charge on any atom is 0.230 e. The predicted molar refractivity (Wildman–Crippen MR) is 45.5 cm³/mol. The van der Waals surface area contributed by atoms with Gasteiger partial charge in [0.25, 0.3) is 0 Å². The lowest BCUT2D eigenvalue weighted by atomic mass is 10.2. The quantitative estimate of drug-likeness (QED) is 0.486. The van der Waals surface area contributed by atoms with Gasteiger partial charge in [-0.1, -0.05) is 0 Å². The van der Waals surface area contributed by atoms with Crippen LogP contribution in [0.5, 0.6) is 0 Å². The van der Waals surface area contributed by atoms with E-state index >= 15 is 0 Å². The van der Waals surface area contributed by atoms with Crippen molar-refractivity contribution >= 4 is 12.4 Å². The Morgan fingerprint density at radius 3 is 2.64 bits per heavy atom. The lowest BCUT2D eigenvalue weighted by Crippen LogP contribution is -2.23. The van der Waals surface area contributed by atoms with Gasteiger partial charge in [-0.2, -0.15) is 4.39 Å². The number of nitrogens with zero attached hydrogens (tertiary/aromatic N) is 2. The normalized spacial score (nSPS) is 16.4. The molecule has 0 aromatic carbocycles. The first-order valence-electron chi connectivity index (χ1n) is 3.20. The second kappa shape index (κ2) is 4.73. The van der Waals surface area contributed by atoms with Crippen molar-refractivity contribution in [2.45, 2.75) is 19.9 Å². The van der Waals surface area contributed by atoms with Gasteiger partial charge in [-0.25, -0.2) is 4.99 Å². The highest BCUT2D eigenvalue weighted by atomic mass is 19.1. The molecular formula is C7H12FN3. The molecule has 0 radical (unpaired) electrons. The molecule has 11 heavy (non-hydrogen) atoms. The van der Waals surface area contributed by atoms with Gasteiger partial charge in [0.1, 0.15) is 0 Å². The molecule has 0 bridgehead atoms. The second-order valence-corrected chi connectivity index (χ2v) is 2.17. The molecule has 0 heterocycles. The minimum Gasteiger partial charge on any atom is -0.323 e. The fourth-order valence-electron chi connectivity index (χ4n) is 0.313. The Bertz CT molecular complexity index is 194. The van der Waals surface area contributed by atoms with Gasteiger partial charge in [0.2, 0.25) is 5.95 Å². The van der Waals surface area contributed by atoms with Crippen molar-refractivity contribution in [3.8, 4) is 0 Å². The predicted octanol–water partition coefficient (Wildman–Crippen LogP) is 1.26. The molecule has 0 rings (SSSR count). The zero-order valence-electron chi connectivity index (χ0n) is 6.71. The maximum atomic E-state index is 12.2. The molecule has 0 spiro atoms. The molecule has 0 fully saturated rings. The lowest BCUT2D eigenvalue weighted by molar-refractivity contribution is 0.627. The molecule has 0 aromatic heterocycles. The van der Waals surface area contributed by atoms with Crippen molar-refractivity contribution in [3.05, 3.63) is 12.2 Å². The first kappa shape index (κ1) is 9.97. The van der Waals surface area contributed by atoms with Gasteiger partial charge in [0.05, 0.1) is 6.20 Å². The largest absolute Gasteiger partial charge is 0.323 e. The number of hydrogen-bond acceptors (Lipinski definition) is 3. The van der Waals surface area contributed by atoms with Crippen LogP contribution in [0.4, 0.5) is 4.39 Å². The molecule has 0 aromatic rings. The molecule has 0 saturated carbocycles. The van der Waals surface area contributed by atoms with Crippen LogP contribution < -0.4 is 5.73 Å². The van der Waals surface area contributed by atoms with E-state index in [-0.39, 0.29) is 6.04 Å². The SMILES string of the molecule is C=N/C(F)=C\N=C(C)C(C)N. The summed E-state index contributed by atoms with van der Waals surface area (Å²) in [4.78, 5) is 6.73. The van der Waals surface area contributed by atoms with Crippen LogP contribution in [0.15, 0.2) is 22.1 Å². The van der Waals surface area contributed by atoms with E-state index in [9.17, 15) is 4.39 Å². The van der Waals surface area contributed by atoms with Crippen molar-refractivity contribution < 1.29 is 4.39 Å². The second-order valence-electron chi connectivity index (χ2n) is 2.17. The van der Waals surface area contributed by atoms with E-state index in [0.29, 0.717) is 5.71 Å². The Morgan fingerprint density at radius 1 is 1.73 bits per heavy atom. The van der Waals surface area contributed by atoms with Crippen LogP contribution in [0.25, 0.3) is 0 Å². The molecule has 2 N–H and O–H groups in total. The Kier molecular flexibility index (Phi) is 4.29.